The lowest BCUT2D eigenvalue weighted by Gasteiger charge is -2.30. The maximum Gasteiger partial charge on any atom is 0.488 e. The molecule has 2 aromatic rings. The third-order valence-electron chi connectivity index (χ3n) is 3.51. The summed E-state index contributed by atoms with van der Waals surface area (Å²) in [4.78, 5) is 3.77. The van der Waals surface area contributed by atoms with E-state index in [1.165, 1.54) is 11.8 Å². The Morgan fingerprint density at radius 1 is 0.810 bits per heavy atom. The zero-order valence-electron chi connectivity index (χ0n) is 11.3. The van der Waals surface area contributed by atoms with Gasteiger partial charge in [0, 0.05) is 16.8 Å². The van der Waals surface area contributed by atoms with Gasteiger partial charge in [-0.05, 0) is 35.2 Å². The van der Waals surface area contributed by atoms with E-state index in [9.17, 15) is 20.1 Å². The van der Waals surface area contributed by atoms with Crippen LogP contribution in [0.25, 0.3) is 0 Å². The van der Waals surface area contributed by atoms with Crippen LogP contribution in [0.5, 0.6) is 0 Å². The Hall–Kier alpha value is -1.44. The van der Waals surface area contributed by atoms with Crippen LogP contribution in [0.15, 0.2) is 46.2 Å². The minimum absolute atomic E-state index is 0.427. The van der Waals surface area contributed by atoms with E-state index in [-0.39, 0.29) is 0 Å². The number of rotatable bonds is 2. The van der Waals surface area contributed by atoms with Gasteiger partial charge in [-0.3, -0.25) is 0 Å². The van der Waals surface area contributed by atoms with Gasteiger partial charge in [-0.2, -0.15) is 0 Å². The second-order valence-electron chi connectivity index (χ2n) is 4.86. The normalized spacial score (nSPS) is 12.7. The topological polar surface area (TPSA) is 84.2 Å². The first-order valence-corrected chi connectivity index (χ1v) is 7.21. The predicted octanol–water partition coefficient (Wildman–Crippen LogP) is -0.721. The van der Waals surface area contributed by atoms with Gasteiger partial charge in [-0.25, -0.2) is 0 Å². The molecule has 5 nitrogen and oxygen atoms in total. The summed E-state index contributed by atoms with van der Waals surface area (Å²) in [6.45, 7) is 0. The highest BCUT2D eigenvalue weighted by molar-refractivity contribution is 7.99. The van der Waals surface area contributed by atoms with Gasteiger partial charge in [0.1, 0.15) is 0 Å². The maximum absolute atomic E-state index is 9.27. The third kappa shape index (κ3) is 2.56. The highest BCUT2D eigenvalue weighted by atomic mass is 32.2. The molecule has 0 aliphatic carbocycles. The van der Waals surface area contributed by atoms with Gasteiger partial charge in [0.05, 0.1) is 11.4 Å². The maximum atomic E-state index is 9.27. The van der Waals surface area contributed by atoms with E-state index < -0.39 is 14.2 Å². The molecule has 0 saturated heterocycles. The van der Waals surface area contributed by atoms with E-state index >= 15 is 0 Å². The van der Waals surface area contributed by atoms with Crippen molar-refractivity contribution < 1.29 is 20.1 Å². The summed E-state index contributed by atoms with van der Waals surface area (Å²) in [7, 11) is -1.09. The van der Waals surface area contributed by atoms with Gasteiger partial charge >= 0.3 is 14.2 Å². The standard InChI is InChI=1S/C13H13B2NO4S/c1-16-10-4-2-8(14(17)18)6-12(10)21-13-7-9(15(19)20)3-5-11(13)16/h2-7,17-20H,1H3. The molecule has 0 amide bonds. The van der Waals surface area contributed by atoms with Crippen LogP contribution >= 0.6 is 11.8 Å². The molecule has 0 spiro atoms. The molecular formula is C13H13B2NO4S. The van der Waals surface area contributed by atoms with E-state index in [0.717, 1.165) is 21.2 Å². The van der Waals surface area contributed by atoms with Crippen LogP contribution in [0.1, 0.15) is 0 Å². The van der Waals surface area contributed by atoms with E-state index in [0.29, 0.717) is 10.9 Å². The smallest absolute Gasteiger partial charge is 0.423 e. The minimum atomic E-state index is -1.51. The largest absolute Gasteiger partial charge is 0.488 e. The summed E-state index contributed by atoms with van der Waals surface area (Å²) < 4.78 is 0. The lowest BCUT2D eigenvalue weighted by molar-refractivity contribution is 0.424. The minimum Gasteiger partial charge on any atom is -0.423 e. The summed E-state index contributed by atoms with van der Waals surface area (Å²) >= 11 is 1.46. The summed E-state index contributed by atoms with van der Waals surface area (Å²) in [5, 5.41) is 37.1. The second-order valence-corrected chi connectivity index (χ2v) is 5.95. The molecule has 8 heteroatoms. The van der Waals surface area contributed by atoms with Crippen molar-refractivity contribution in [2.75, 3.05) is 11.9 Å². The molecule has 0 saturated carbocycles. The fourth-order valence-electron chi connectivity index (χ4n) is 2.35. The van der Waals surface area contributed by atoms with Crippen molar-refractivity contribution >= 4 is 48.3 Å². The van der Waals surface area contributed by atoms with E-state index in [1.54, 1.807) is 24.3 Å². The van der Waals surface area contributed by atoms with Crippen molar-refractivity contribution in [1.29, 1.82) is 0 Å². The molecule has 0 unspecified atom stereocenters. The molecule has 106 valence electrons. The highest BCUT2D eigenvalue weighted by Gasteiger charge is 2.24. The van der Waals surface area contributed by atoms with Crippen molar-refractivity contribution in [2.24, 2.45) is 0 Å². The highest BCUT2D eigenvalue weighted by Crippen LogP contribution is 2.46. The van der Waals surface area contributed by atoms with Crippen molar-refractivity contribution in [3.63, 3.8) is 0 Å². The third-order valence-corrected chi connectivity index (χ3v) is 4.60. The molecule has 1 aliphatic rings. The van der Waals surface area contributed by atoms with Crippen molar-refractivity contribution in [2.45, 2.75) is 9.79 Å². The molecule has 1 aliphatic heterocycles. The van der Waals surface area contributed by atoms with Crippen molar-refractivity contribution in [3.05, 3.63) is 36.4 Å². The van der Waals surface area contributed by atoms with Crippen LogP contribution < -0.4 is 15.8 Å². The summed E-state index contributed by atoms with van der Waals surface area (Å²) in [6.07, 6.45) is 0. The molecule has 3 rings (SSSR count). The quantitative estimate of drug-likeness (QED) is 0.548. The molecule has 4 N–H and O–H groups in total. The summed E-state index contributed by atoms with van der Waals surface area (Å²) in [6, 6.07) is 10.5. The fraction of sp³-hybridized carbons (Fsp3) is 0.0769. The van der Waals surface area contributed by atoms with E-state index in [1.807, 2.05) is 24.1 Å². The number of fused-ring (bicyclic) bond motifs is 2. The molecule has 0 radical (unpaired) electrons. The molecule has 0 aromatic heterocycles. The van der Waals surface area contributed by atoms with E-state index in [2.05, 4.69) is 0 Å². The Morgan fingerprint density at radius 3 is 1.62 bits per heavy atom. The van der Waals surface area contributed by atoms with Gasteiger partial charge in [0.2, 0.25) is 0 Å². The Balaban J connectivity index is 2.06. The van der Waals surface area contributed by atoms with Gasteiger partial charge in [-0.15, -0.1) is 0 Å². The molecule has 0 fully saturated rings. The number of anilines is 2. The Morgan fingerprint density at radius 2 is 1.24 bits per heavy atom. The predicted molar refractivity (Wildman–Crippen MR) is 84.7 cm³/mol. The molecule has 1 heterocycles. The van der Waals surface area contributed by atoms with Crippen molar-refractivity contribution in [1.82, 2.24) is 0 Å². The van der Waals surface area contributed by atoms with E-state index in [4.69, 9.17) is 0 Å². The Bertz CT molecular complexity index is 638. The SMILES string of the molecule is CN1c2ccc(B(O)O)cc2Sc2cc(B(O)O)ccc21. The van der Waals surface area contributed by atoms with Crippen LogP contribution in [0.4, 0.5) is 11.4 Å². The average Bonchev–Trinajstić information content (AvgIpc) is 2.46. The zero-order valence-corrected chi connectivity index (χ0v) is 12.1. The van der Waals surface area contributed by atoms with Gasteiger partial charge in [-0.1, -0.05) is 23.9 Å². The Labute approximate surface area is 127 Å². The first-order chi connectivity index (χ1) is 9.97. The Kier molecular flexibility index (Phi) is 3.73. The van der Waals surface area contributed by atoms with Gasteiger partial charge in [0.15, 0.2) is 0 Å². The van der Waals surface area contributed by atoms with Crippen LogP contribution in [0, 0.1) is 0 Å². The second kappa shape index (κ2) is 5.40. The number of hydrogen-bond acceptors (Lipinski definition) is 6. The first kappa shape index (κ1) is 14.5. The van der Waals surface area contributed by atoms with Gasteiger partial charge < -0.3 is 25.0 Å². The fourth-order valence-corrected chi connectivity index (χ4v) is 3.59. The summed E-state index contributed by atoms with van der Waals surface area (Å²) in [5.41, 5.74) is 2.79. The molecule has 2 aromatic carbocycles. The lowest BCUT2D eigenvalue weighted by atomic mass is 9.80. The summed E-state index contributed by atoms with van der Waals surface area (Å²) in [5.74, 6) is 0. The number of benzene rings is 2. The molecule has 21 heavy (non-hydrogen) atoms. The first-order valence-electron chi connectivity index (χ1n) is 6.39. The average molecular weight is 301 g/mol. The van der Waals surface area contributed by atoms with Crippen LogP contribution in [-0.2, 0) is 0 Å². The molecular weight excluding hydrogens is 288 g/mol. The molecule has 0 atom stereocenters. The monoisotopic (exact) mass is 301 g/mol. The van der Waals surface area contributed by atoms with Crippen LogP contribution in [-0.4, -0.2) is 41.4 Å². The molecule has 0 bridgehead atoms. The number of hydrogen-bond donors (Lipinski definition) is 4. The number of nitrogens with zero attached hydrogens (tertiary/aromatic N) is 1. The van der Waals surface area contributed by atoms with Crippen LogP contribution in [0.3, 0.4) is 0 Å². The van der Waals surface area contributed by atoms with Crippen LogP contribution in [0.2, 0.25) is 0 Å². The zero-order chi connectivity index (χ0) is 15.1. The lowest BCUT2D eigenvalue weighted by Crippen LogP contribution is -2.31. The van der Waals surface area contributed by atoms with Crippen molar-refractivity contribution in [3.8, 4) is 0 Å². The van der Waals surface area contributed by atoms with Gasteiger partial charge in [0.25, 0.3) is 0 Å².